The molecule has 1 aromatic rings. The molecule has 0 N–H and O–H groups in total. The number of piperazine rings is 1. The summed E-state index contributed by atoms with van der Waals surface area (Å²) in [6, 6.07) is 4.79. The van der Waals surface area contributed by atoms with E-state index in [1.54, 1.807) is 31.0 Å². The zero-order chi connectivity index (χ0) is 15.9. The summed E-state index contributed by atoms with van der Waals surface area (Å²) in [5.41, 5.74) is 2.40. The van der Waals surface area contributed by atoms with Crippen molar-refractivity contribution in [3.05, 3.63) is 29.3 Å². The molecule has 0 spiro atoms. The second-order valence-corrected chi connectivity index (χ2v) is 8.08. The first-order valence-corrected chi connectivity index (χ1v) is 9.24. The molecule has 1 aliphatic heterocycles. The summed E-state index contributed by atoms with van der Waals surface area (Å²) in [6.45, 7) is 2.45. The van der Waals surface area contributed by atoms with E-state index in [1.165, 1.54) is 16.3 Å². The molecule has 1 atom stereocenters. The van der Waals surface area contributed by atoms with Crippen LogP contribution in [0.4, 0.5) is 0 Å². The van der Waals surface area contributed by atoms with Gasteiger partial charge < -0.3 is 4.90 Å². The Balaban J connectivity index is 1.94. The van der Waals surface area contributed by atoms with Crippen LogP contribution >= 0.6 is 0 Å². The monoisotopic (exact) mass is 322 g/mol. The largest absolute Gasteiger partial charge is 0.343 e. The van der Waals surface area contributed by atoms with E-state index in [0.717, 1.165) is 24.8 Å². The van der Waals surface area contributed by atoms with E-state index in [2.05, 4.69) is 0 Å². The third kappa shape index (κ3) is 2.54. The molecule has 3 rings (SSSR count). The first-order valence-electron chi connectivity index (χ1n) is 7.80. The first-order chi connectivity index (χ1) is 10.4. The summed E-state index contributed by atoms with van der Waals surface area (Å²) in [5.74, 6) is -0.146. The van der Waals surface area contributed by atoms with E-state index >= 15 is 0 Å². The van der Waals surface area contributed by atoms with Crippen molar-refractivity contribution in [3.8, 4) is 0 Å². The van der Waals surface area contributed by atoms with Gasteiger partial charge in [0.25, 0.3) is 0 Å². The second-order valence-electron chi connectivity index (χ2n) is 6.19. The van der Waals surface area contributed by atoms with E-state index in [9.17, 15) is 13.2 Å². The Morgan fingerprint density at radius 2 is 1.77 bits per heavy atom. The molecule has 1 heterocycles. The number of carbonyl (C=O) groups excluding carboxylic acids is 1. The van der Waals surface area contributed by atoms with Crippen LogP contribution in [-0.2, 0) is 27.7 Å². The average Bonchev–Trinajstić information content (AvgIpc) is 2.52. The SMILES string of the molecule is CC1C(=O)N(C)CCN1S(=O)(=O)c1ccc2c(c1)CCCC2. The number of likely N-dealkylation sites (N-methyl/N-ethyl adjacent to an activating group) is 1. The molecule has 1 fully saturated rings. The highest BCUT2D eigenvalue weighted by Crippen LogP contribution is 2.27. The number of sulfonamides is 1. The molecule has 0 aromatic heterocycles. The number of amides is 1. The van der Waals surface area contributed by atoms with Crippen molar-refractivity contribution in [2.24, 2.45) is 0 Å². The molecular weight excluding hydrogens is 300 g/mol. The molecule has 22 heavy (non-hydrogen) atoms. The summed E-state index contributed by atoms with van der Waals surface area (Å²) < 4.78 is 27.1. The maximum atomic E-state index is 12.9. The van der Waals surface area contributed by atoms with Crippen molar-refractivity contribution in [3.63, 3.8) is 0 Å². The maximum absolute atomic E-state index is 12.9. The minimum Gasteiger partial charge on any atom is -0.343 e. The van der Waals surface area contributed by atoms with Gasteiger partial charge in [-0.25, -0.2) is 8.42 Å². The topological polar surface area (TPSA) is 57.7 Å². The second kappa shape index (κ2) is 5.66. The number of fused-ring (bicyclic) bond motifs is 1. The van der Waals surface area contributed by atoms with Gasteiger partial charge in [0.1, 0.15) is 6.04 Å². The molecule has 0 bridgehead atoms. The summed E-state index contributed by atoms with van der Waals surface area (Å²) in [7, 11) is -1.91. The zero-order valence-corrected chi connectivity index (χ0v) is 13.9. The quantitative estimate of drug-likeness (QED) is 0.827. The van der Waals surface area contributed by atoms with Gasteiger partial charge in [-0.3, -0.25) is 4.79 Å². The molecule has 120 valence electrons. The molecular formula is C16H22N2O3S. The van der Waals surface area contributed by atoms with E-state index in [0.29, 0.717) is 18.0 Å². The van der Waals surface area contributed by atoms with E-state index in [4.69, 9.17) is 0 Å². The minimum absolute atomic E-state index is 0.146. The van der Waals surface area contributed by atoms with Crippen LogP contribution in [0.2, 0.25) is 0 Å². The molecule has 1 amide bonds. The number of benzene rings is 1. The highest BCUT2D eigenvalue weighted by molar-refractivity contribution is 7.89. The Kier molecular flexibility index (Phi) is 3.99. The Hall–Kier alpha value is -1.40. The fraction of sp³-hybridized carbons (Fsp3) is 0.562. The molecule has 1 unspecified atom stereocenters. The lowest BCUT2D eigenvalue weighted by Crippen LogP contribution is -2.56. The van der Waals surface area contributed by atoms with Crippen molar-refractivity contribution in [1.29, 1.82) is 0 Å². The highest BCUT2D eigenvalue weighted by Gasteiger charge is 2.38. The number of aryl methyl sites for hydroxylation is 2. The standard InChI is InChI=1S/C16H22N2O3S/c1-12-16(19)17(2)9-10-18(12)22(20,21)15-8-7-13-5-3-4-6-14(13)11-15/h7-8,11-12H,3-6,9-10H2,1-2H3. The van der Waals surface area contributed by atoms with Crippen LogP contribution in [0.5, 0.6) is 0 Å². The van der Waals surface area contributed by atoms with Crippen LogP contribution in [-0.4, -0.2) is 49.7 Å². The van der Waals surface area contributed by atoms with Gasteiger partial charge in [-0.2, -0.15) is 4.31 Å². The van der Waals surface area contributed by atoms with E-state index in [-0.39, 0.29) is 5.91 Å². The van der Waals surface area contributed by atoms with Crippen LogP contribution in [0.1, 0.15) is 30.9 Å². The normalized spacial score (nSPS) is 23.5. The lowest BCUT2D eigenvalue weighted by atomic mass is 9.92. The number of rotatable bonds is 2. The molecule has 5 nitrogen and oxygen atoms in total. The van der Waals surface area contributed by atoms with Gasteiger partial charge in [0.2, 0.25) is 15.9 Å². The molecule has 6 heteroatoms. The highest BCUT2D eigenvalue weighted by atomic mass is 32.2. The van der Waals surface area contributed by atoms with Gasteiger partial charge in [-0.1, -0.05) is 6.07 Å². The van der Waals surface area contributed by atoms with Crippen LogP contribution in [0.3, 0.4) is 0 Å². The third-order valence-electron chi connectivity index (χ3n) is 4.75. The predicted molar refractivity (Wildman–Crippen MR) is 84.1 cm³/mol. The summed E-state index contributed by atoms with van der Waals surface area (Å²) in [4.78, 5) is 14.0. The van der Waals surface area contributed by atoms with E-state index < -0.39 is 16.1 Å². The molecule has 2 aliphatic rings. The van der Waals surface area contributed by atoms with Crippen LogP contribution in [0.15, 0.2) is 23.1 Å². The number of hydrogen-bond donors (Lipinski definition) is 0. The number of nitrogens with zero attached hydrogens (tertiary/aromatic N) is 2. The van der Waals surface area contributed by atoms with Crippen LogP contribution in [0, 0.1) is 0 Å². The van der Waals surface area contributed by atoms with Gasteiger partial charge in [-0.15, -0.1) is 0 Å². The van der Waals surface area contributed by atoms with Crippen molar-refractivity contribution < 1.29 is 13.2 Å². The summed E-state index contributed by atoms with van der Waals surface area (Å²) in [6.07, 6.45) is 4.25. The Labute approximate surface area is 132 Å². The molecule has 0 saturated carbocycles. The fourth-order valence-corrected chi connectivity index (χ4v) is 4.96. The van der Waals surface area contributed by atoms with Gasteiger partial charge >= 0.3 is 0 Å². The maximum Gasteiger partial charge on any atom is 0.243 e. The summed E-state index contributed by atoms with van der Waals surface area (Å²) >= 11 is 0. The predicted octanol–water partition coefficient (Wildman–Crippen LogP) is 1.42. The van der Waals surface area contributed by atoms with Crippen LogP contribution < -0.4 is 0 Å². The Bertz CT molecular complexity index is 699. The average molecular weight is 322 g/mol. The Morgan fingerprint density at radius 1 is 1.09 bits per heavy atom. The molecule has 1 aliphatic carbocycles. The van der Waals surface area contributed by atoms with Crippen molar-refractivity contribution >= 4 is 15.9 Å². The third-order valence-corrected chi connectivity index (χ3v) is 6.71. The van der Waals surface area contributed by atoms with Gasteiger partial charge in [0, 0.05) is 20.1 Å². The first kappa shape index (κ1) is 15.5. The van der Waals surface area contributed by atoms with Crippen molar-refractivity contribution in [2.75, 3.05) is 20.1 Å². The molecule has 1 saturated heterocycles. The molecule has 0 radical (unpaired) electrons. The van der Waals surface area contributed by atoms with Gasteiger partial charge in [-0.05, 0) is 55.9 Å². The Morgan fingerprint density at radius 3 is 2.50 bits per heavy atom. The lowest BCUT2D eigenvalue weighted by Gasteiger charge is -2.36. The zero-order valence-electron chi connectivity index (χ0n) is 13.1. The smallest absolute Gasteiger partial charge is 0.243 e. The van der Waals surface area contributed by atoms with E-state index in [1.807, 2.05) is 6.07 Å². The number of hydrogen-bond acceptors (Lipinski definition) is 3. The van der Waals surface area contributed by atoms with Crippen LogP contribution in [0.25, 0.3) is 0 Å². The minimum atomic E-state index is -3.62. The molecule has 1 aromatic carbocycles. The number of carbonyl (C=O) groups is 1. The lowest BCUT2D eigenvalue weighted by molar-refractivity contribution is -0.136. The van der Waals surface area contributed by atoms with Gasteiger partial charge in [0.15, 0.2) is 0 Å². The van der Waals surface area contributed by atoms with Crippen molar-refractivity contribution in [2.45, 2.75) is 43.5 Å². The van der Waals surface area contributed by atoms with Crippen molar-refractivity contribution in [1.82, 2.24) is 9.21 Å². The fourth-order valence-electron chi connectivity index (χ4n) is 3.33. The van der Waals surface area contributed by atoms with Gasteiger partial charge in [0.05, 0.1) is 4.90 Å². The summed E-state index contributed by atoms with van der Waals surface area (Å²) in [5, 5.41) is 0.